The highest BCUT2D eigenvalue weighted by molar-refractivity contribution is 7.11. The van der Waals surface area contributed by atoms with Gasteiger partial charge in [0.05, 0.1) is 7.11 Å². The zero-order valence-electron chi connectivity index (χ0n) is 12.3. The van der Waals surface area contributed by atoms with E-state index in [1.54, 1.807) is 23.5 Å². The summed E-state index contributed by atoms with van der Waals surface area (Å²) in [6, 6.07) is 8.82. The molecule has 0 aliphatic carbocycles. The first-order valence-corrected chi connectivity index (χ1v) is 7.54. The first-order valence-electron chi connectivity index (χ1n) is 6.72. The second-order valence-corrected chi connectivity index (χ2v) is 6.35. The first-order chi connectivity index (χ1) is 9.99. The topological polar surface area (TPSA) is 58.6 Å². The molecule has 0 fully saturated rings. The van der Waals surface area contributed by atoms with Crippen molar-refractivity contribution in [2.24, 2.45) is 0 Å². The maximum atomic E-state index is 12.1. The van der Waals surface area contributed by atoms with Crippen LogP contribution in [0.1, 0.15) is 27.0 Å². The minimum atomic E-state index is -0.200. The van der Waals surface area contributed by atoms with Gasteiger partial charge in [-0.3, -0.25) is 4.79 Å². The van der Waals surface area contributed by atoms with Crippen LogP contribution in [-0.2, 0) is 6.42 Å². The van der Waals surface area contributed by atoms with Gasteiger partial charge in [0.15, 0.2) is 11.5 Å². The predicted molar refractivity (Wildman–Crippen MR) is 84.3 cm³/mol. The van der Waals surface area contributed by atoms with Crippen molar-refractivity contribution in [3.8, 4) is 11.5 Å². The number of phenols is 1. The Kier molecular flexibility index (Phi) is 4.85. The lowest BCUT2D eigenvalue weighted by atomic mass is 10.1. The fraction of sp³-hybridized carbons (Fsp3) is 0.312. The number of ether oxygens (including phenoxy) is 1. The van der Waals surface area contributed by atoms with Gasteiger partial charge in [0.1, 0.15) is 0 Å². The van der Waals surface area contributed by atoms with Crippen molar-refractivity contribution < 1.29 is 14.6 Å². The van der Waals surface area contributed by atoms with Crippen LogP contribution in [0.25, 0.3) is 0 Å². The van der Waals surface area contributed by atoms with Crippen molar-refractivity contribution in [3.05, 3.63) is 45.6 Å². The molecule has 0 aliphatic rings. The van der Waals surface area contributed by atoms with Crippen molar-refractivity contribution in [1.29, 1.82) is 0 Å². The summed E-state index contributed by atoms with van der Waals surface area (Å²) in [4.78, 5) is 14.7. The molecule has 2 N–H and O–H groups in total. The van der Waals surface area contributed by atoms with Crippen LogP contribution in [0.3, 0.4) is 0 Å². The van der Waals surface area contributed by atoms with E-state index in [4.69, 9.17) is 4.74 Å². The van der Waals surface area contributed by atoms with Crippen LogP contribution in [0.5, 0.6) is 11.5 Å². The van der Waals surface area contributed by atoms with Crippen LogP contribution in [0, 0.1) is 6.92 Å². The summed E-state index contributed by atoms with van der Waals surface area (Å²) in [6.07, 6.45) is 0.798. The van der Waals surface area contributed by atoms with E-state index in [-0.39, 0.29) is 17.7 Å². The van der Waals surface area contributed by atoms with Crippen molar-refractivity contribution in [2.45, 2.75) is 26.3 Å². The third-order valence-electron chi connectivity index (χ3n) is 3.12. The Morgan fingerprint density at radius 2 is 2.14 bits per heavy atom. The second-order valence-electron chi connectivity index (χ2n) is 4.98. The van der Waals surface area contributed by atoms with Gasteiger partial charge in [0, 0.05) is 27.8 Å². The third kappa shape index (κ3) is 3.98. The van der Waals surface area contributed by atoms with Crippen molar-refractivity contribution in [1.82, 2.24) is 5.32 Å². The van der Waals surface area contributed by atoms with E-state index in [9.17, 15) is 9.90 Å². The van der Waals surface area contributed by atoms with E-state index in [1.165, 1.54) is 22.9 Å². The Morgan fingerprint density at radius 1 is 1.38 bits per heavy atom. The Labute approximate surface area is 128 Å². The number of hydrogen-bond donors (Lipinski definition) is 2. The smallest absolute Gasteiger partial charge is 0.251 e. The predicted octanol–water partition coefficient (Wildman–Crippen LogP) is 3.13. The monoisotopic (exact) mass is 305 g/mol. The zero-order chi connectivity index (χ0) is 15.4. The van der Waals surface area contributed by atoms with E-state index in [0.29, 0.717) is 11.3 Å². The first kappa shape index (κ1) is 15.4. The average Bonchev–Trinajstić information content (AvgIpc) is 2.83. The Bertz CT molecular complexity index is 636. The van der Waals surface area contributed by atoms with Crippen LogP contribution < -0.4 is 10.1 Å². The SMILES string of the molecule is COc1ccc(C(=O)NC(C)Cc2ccc(C)s2)cc1O. The van der Waals surface area contributed by atoms with Gasteiger partial charge in [-0.15, -0.1) is 11.3 Å². The Balaban J connectivity index is 1.98. The lowest BCUT2D eigenvalue weighted by Gasteiger charge is -2.13. The molecule has 0 bridgehead atoms. The Morgan fingerprint density at radius 3 is 2.71 bits per heavy atom. The van der Waals surface area contributed by atoms with Gasteiger partial charge in [-0.05, 0) is 44.2 Å². The quantitative estimate of drug-likeness (QED) is 0.892. The molecule has 1 heterocycles. The van der Waals surface area contributed by atoms with Gasteiger partial charge in [-0.2, -0.15) is 0 Å². The van der Waals surface area contributed by atoms with Crippen LogP contribution in [-0.4, -0.2) is 24.2 Å². The summed E-state index contributed by atoms with van der Waals surface area (Å²) in [5.41, 5.74) is 0.419. The van der Waals surface area contributed by atoms with Gasteiger partial charge in [-0.25, -0.2) is 0 Å². The molecule has 112 valence electrons. The van der Waals surface area contributed by atoms with E-state index in [0.717, 1.165) is 6.42 Å². The zero-order valence-corrected chi connectivity index (χ0v) is 13.2. The lowest BCUT2D eigenvalue weighted by Crippen LogP contribution is -2.33. The fourth-order valence-corrected chi connectivity index (χ4v) is 3.11. The summed E-state index contributed by atoms with van der Waals surface area (Å²) in [6.45, 7) is 4.04. The number of carbonyl (C=O) groups is 1. The van der Waals surface area contributed by atoms with Gasteiger partial charge < -0.3 is 15.2 Å². The minimum Gasteiger partial charge on any atom is -0.504 e. The van der Waals surface area contributed by atoms with Crippen LogP contribution in [0.15, 0.2) is 30.3 Å². The number of nitrogens with one attached hydrogen (secondary N) is 1. The standard InChI is InChI=1S/C16H19NO3S/c1-10(8-13-6-4-11(2)21-13)17-16(19)12-5-7-15(20-3)14(18)9-12/h4-7,9-10,18H,8H2,1-3H3,(H,17,19). The normalized spacial score (nSPS) is 12.0. The summed E-state index contributed by atoms with van der Waals surface area (Å²) in [7, 11) is 1.47. The number of amides is 1. The molecule has 5 heteroatoms. The van der Waals surface area contributed by atoms with Gasteiger partial charge in [0.2, 0.25) is 0 Å². The molecule has 0 saturated heterocycles. The molecule has 1 amide bonds. The summed E-state index contributed by atoms with van der Waals surface area (Å²) in [5.74, 6) is 0.120. The van der Waals surface area contributed by atoms with Crippen LogP contribution >= 0.6 is 11.3 Å². The number of rotatable bonds is 5. The van der Waals surface area contributed by atoms with E-state index >= 15 is 0 Å². The number of methoxy groups -OCH3 is 1. The molecule has 1 atom stereocenters. The number of aryl methyl sites for hydroxylation is 1. The summed E-state index contributed by atoms with van der Waals surface area (Å²) < 4.78 is 4.96. The highest BCUT2D eigenvalue weighted by atomic mass is 32.1. The number of thiophene rings is 1. The molecule has 1 aromatic heterocycles. The molecule has 0 radical (unpaired) electrons. The van der Waals surface area contributed by atoms with Crippen molar-refractivity contribution in [3.63, 3.8) is 0 Å². The highest BCUT2D eigenvalue weighted by Gasteiger charge is 2.13. The number of benzene rings is 1. The number of hydrogen-bond acceptors (Lipinski definition) is 4. The second kappa shape index (κ2) is 6.63. The molecular weight excluding hydrogens is 286 g/mol. The van der Waals surface area contributed by atoms with E-state index < -0.39 is 0 Å². The van der Waals surface area contributed by atoms with E-state index in [2.05, 4.69) is 24.4 Å². The molecule has 2 aromatic rings. The molecule has 2 rings (SSSR count). The van der Waals surface area contributed by atoms with Crippen molar-refractivity contribution >= 4 is 17.2 Å². The molecular formula is C16H19NO3S. The summed E-state index contributed by atoms with van der Waals surface area (Å²) >= 11 is 1.74. The molecule has 0 saturated carbocycles. The maximum Gasteiger partial charge on any atom is 0.251 e. The van der Waals surface area contributed by atoms with Crippen molar-refractivity contribution in [2.75, 3.05) is 7.11 Å². The molecule has 0 aliphatic heterocycles. The van der Waals surface area contributed by atoms with Gasteiger partial charge in [0.25, 0.3) is 5.91 Å². The average molecular weight is 305 g/mol. The van der Waals surface area contributed by atoms with Gasteiger partial charge in [-0.1, -0.05) is 0 Å². The number of phenolic OH excluding ortho intramolecular Hbond substituents is 1. The molecule has 1 aromatic carbocycles. The minimum absolute atomic E-state index is 0.0276. The number of carbonyl (C=O) groups excluding carboxylic acids is 1. The van der Waals surface area contributed by atoms with Crippen LogP contribution in [0.2, 0.25) is 0 Å². The largest absolute Gasteiger partial charge is 0.504 e. The molecule has 1 unspecified atom stereocenters. The van der Waals surface area contributed by atoms with Crippen LogP contribution in [0.4, 0.5) is 0 Å². The van der Waals surface area contributed by atoms with Gasteiger partial charge >= 0.3 is 0 Å². The van der Waals surface area contributed by atoms with E-state index in [1.807, 2.05) is 6.92 Å². The molecule has 4 nitrogen and oxygen atoms in total. The summed E-state index contributed by atoms with van der Waals surface area (Å²) in [5, 5.41) is 12.6. The molecule has 0 spiro atoms. The number of aromatic hydroxyl groups is 1. The molecule has 21 heavy (non-hydrogen) atoms. The maximum absolute atomic E-state index is 12.1. The highest BCUT2D eigenvalue weighted by Crippen LogP contribution is 2.26. The fourth-order valence-electron chi connectivity index (χ4n) is 2.09. The lowest BCUT2D eigenvalue weighted by molar-refractivity contribution is 0.0939. The Hall–Kier alpha value is -2.01. The third-order valence-corrected chi connectivity index (χ3v) is 4.14.